The van der Waals surface area contributed by atoms with Crippen molar-refractivity contribution >= 4 is 44.3 Å². The minimum Gasteiger partial charge on any atom is -0.325 e. The number of carbonyl (C=O) groups is 1. The molecule has 2 heterocycles. The summed E-state index contributed by atoms with van der Waals surface area (Å²) in [7, 11) is -2.27. The number of thiophene rings is 2. The molecule has 0 saturated carbocycles. The molecule has 0 fully saturated rings. The van der Waals surface area contributed by atoms with Crippen LogP contribution in [-0.2, 0) is 14.8 Å². The molecule has 27 heavy (non-hydrogen) atoms. The molecule has 0 atom stereocenters. The van der Waals surface area contributed by atoms with E-state index < -0.39 is 15.9 Å². The Morgan fingerprint density at radius 3 is 2.56 bits per heavy atom. The molecule has 1 amide bonds. The third kappa shape index (κ3) is 5.05. The number of rotatable bonds is 5. The molecule has 0 bridgehead atoms. The van der Waals surface area contributed by atoms with Crippen LogP contribution in [0.5, 0.6) is 0 Å². The van der Waals surface area contributed by atoms with Crippen molar-refractivity contribution < 1.29 is 13.2 Å². The normalized spacial score (nSPS) is 11.0. The van der Waals surface area contributed by atoms with E-state index in [0.717, 1.165) is 26.1 Å². The molecule has 0 aliphatic rings. The summed E-state index contributed by atoms with van der Waals surface area (Å²) in [6.45, 7) is -0.272. The first kappa shape index (κ1) is 19.3. The summed E-state index contributed by atoms with van der Waals surface area (Å²) in [4.78, 5) is 13.2. The van der Waals surface area contributed by atoms with E-state index in [4.69, 9.17) is 0 Å². The Hall–Kier alpha value is -2.44. The van der Waals surface area contributed by atoms with Crippen molar-refractivity contribution in [1.29, 1.82) is 0 Å². The fourth-order valence-electron chi connectivity index (χ4n) is 2.21. The largest absolute Gasteiger partial charge is 0.325 e. The van der Waals surface area contributed by atoms with Crippen molar-refractivity contribution in [3.05, 3.63) is 69.7 Å². The molecular weight excluding hydrogens is 400 g/mol. The van der Waals surface area contributed by atoms with Crippen molar-refractivity contribution in [2.24, 2.45) is 0 Å². The molecule has 3 rings (SSSR count). The minimum atomic E-state index is -3.66. The third-order valence-corrected chi connectivity index (χ3v) is 7.49. The first-order valence-corrected chi connectivity index (χ1v) is 11.1. The number of benzene rings is 1. The van der Waals surface area contributed by atoms with Crippen LogP contribution in [0.15, 0.2) is 63.5 Å². The monoisotopic (exact) mass is 416 g/mol. The average Bonchev–Trinajstić information content (AvgIpc) is 3.34. The average molecular weight is 417 g/mol. The predicted molar refractivity (Wildman–Crippen MR) is 110 cm³/mol. The zero-order valence-electron chi connectivity index (χ0n) is 14.4. The lowest BCUT2D eigenvalue weighted by atomic mass is 10.2. The summed E-state index contributed by atoms with van der Waals surface area (Å²) in [5, 5.41) is 6.36. The Morgan fingerprint density at radius 1 is 1.07 bits per heavy atom. The standard InChI is InChI=1S/C19H16N2O3S3/c1-21(27(23,24)19-8-4-12-26-19)14-18(22)20-16-6-2-5-15(13-16)9-10-17-7-3-11-25-17/h2-8,11-13H,14H2,1H3,(H,20,22). The molecule has 0 aliphatic carbocycles. The first-order chi connectivity index (χ1) is 12.9. The van der Waals surface area contributed by atoms with Crippen molar-refractivity contribution in [2.75, 3.05) is 18.9 Å². The van der Waals surface area contributed by atoms with Crippen molar-refractivity contribution in [3.8, 4) is 11.8 Å². The van der Waals surface area contributed by atoms with Gasteiger partial charge < -0.3 is 5.32 Å². The Labute approximate surface area is 166 Å². The predicted octanol–water partition coefficient (Wildman–Crippen LogP) is 3.47. The summed E-state index contributed by atoms with van der Waals surface area (Å²) < 4.78 is 26.0. The lowest BCUT2D eigenvalue weighted by Crippen LogP contribution is -2.34. The quantitative estimate of drug-likeness (QED) is 0.648. The fraction of sp³-hybridized carbons (Fsp3) is 0.105. The van der Waals surface area contributed by atoms with E-state index >= 15 is 0 Å². The van der Waals surface area contributed by atoms with Gasteiger partial charge in [0.2, 0.25) is 5.91 Å². The molecule has 0 spiro atoms. The van der Waals surface area contributed by atoms with Gasteiger partial charge in [0.1, 0.15) is 4.21 Å². The summed E-state index contributed by atoms with van der Waals surface area (Å²) >= 11 is 2.68. The lowest BCUT2D eigenvalue weighted by Gasteiger charge is -2.15. The highest BCUT2D eigenvalue weighted by atomic mass is 32.2. The number of carbonyl (C=O) groups excluding carboxylic acids is 1. The zero-order chi connectivity index (χ0) is 19.3. The maximum Gasteiger partial charge on any atom is 0.252 e. The molecule has 8 heteroatoms. The van der Waals surface area contributed by atoms with Gasteiger partial charge in [-0.05, 0) is 41.1 Å². The molecular formula is C19H16N2O3S3. The molecule has 0 aliphatic heterocycles. The van der Waals surface area contributed by atoms with Crippen LogP contribution >= 0.6 is 22.7 Å². The van der Waals surface area contributed by atoms with Crippen LogP contribution < -0.4 is 5.32 Å². The molecule has 1 aromatic carbocycles. The van der Waals surface area contributed by atoms with E-state index in [-0.39, 0.29) is 10.8 Å². The SMILES string of the molecule is CN(CC(=O)Nc1cccc(C#Cc2cccs2)c1)S(=O)(=O)c1cccs1. The van der Waals surface area contributed by atoms with Crippen LogP contribution in [0.2, 0.25) is 0 Å². The van der Waals surface area contributed by atoms with E-state index in [1.54, 1.807) is 41.0 Å². The molecule has 0 unspecified atom stereocenters. The topological polar surface area (TPSA) is 66.5 Å². The summed E-state index contributed by atoms with van der Waals surface area (Å²) in [6.07, 6.45) is 0. The van der Waals surface area contributed by atoms with Crippen LogP contribution in [0.3, 0.4) is 0 Å². The van der Waals surface area contributed by atoms with Gasteiger partial charge in [-0.15, -0.1) is 22.7 Å². The van der Waals surface area contributed by atoms with Gasteiger partial charge in [0, 0.05) is 18.3 Å². The van der Waals surface area contributed by atoms with Gasteiger partial charge >= 0.3 is 0 Å². The van der Waals surface area contributed by atoms with Crippen molar-refractivity contribution in [1.82, 2.24) is 4.31 Å². The van der Waals surface area contributed by atoms with Gasteiger partial charge in [-0.2, -0.15) is 4.31 Å². The van der Waals surface area contributed by atoms with E-state index in [0.29, 0.717) is 5.69 Å². The van der Waals surface area contributed by atoms with Gasteiger partial charge in [-0.25, -0.2) is 8.42 Å². The Bertz CT molecular complexity index is 1080. The highest BCUT2D eigenvalue weighted by Crippen LogP contribution is 2.19. The number of amides is 1. The summed E-state index contributed by atoms with van der Waals surface area (Å²) in [5.41, 5.74) is 1.33. The maximum absolute atomic E-state index is 12.4. The molecule has 1 N–H and O–H groups in total. The highest BCUT2D eigenvalue weighted by molar-refractivity contribution is 7.91. The van der Waals surface area contributed by atoms with Gasteiger partial charge in [0.25, 0.3) is 10.0 Å². The first-order valence-electron chi connectivity index (χ1n) is 7.90. The Morgan fingerprint density at radius 2 is 1.85 bits per heavy atom. The van der Waals surface area contributed by atoms with Crippen LogP contribution in [-0.4, -0.2) is 32.2 Å². The number of hydrogen-bond acceptors (Lipinski definition) is 5. The van der Waals surface area contributed by atoms with E-state index in [1.807, 2.05) is 23.6 Å². The molecule has 5 nitrogen and oxygen atoms in total. The molecule has 3 aromatic rings. The van der Waals surface area contributed by atoms with E-state index in [2.05, 4.69) is 17.2 Å². The lowest BCUT2D eigenvalue weighted by molar-refractivity contribution is -0.116. The van der Waals surface area contributed by atoms with Gasteiger partial charge in [0.15, 0.2) is 0 Å². The van der Waals surface area contributed by atoms with E-state index in [1.165, 1.54) is 13.1 Å². The number of nitrogens with zero attached hydrogens (tertiary/aromatic N) is 1. The van der Waals surface area contributed by atoms with Crippen molar-refractivity contribution in [3.63, 3.8) is 0 Å². The maximum atomic E-state index is 12.4. The molecule has 138 valence electrons. The van der Waals surface area contributed by atoms with Crippen LogP contribution in [0.25, 0.3) is 0 Å². The molecule has 2 aromatic heterocycles. The fourth-order valence-corrected chi connectivity index (χ4v) is 5.11. The number of sulfonamides is 1. The highest BCUT2D eigenvalue weighted by Gasteiger charge is 2.23. The third-order valence-electron chi connectivity index (χ3n) is 3.52. The minimum absolute atomic E-state index is 0.212. The van der Waals surface area contributed by atoms with Gasteiger partial charge in [0.05, 0.1) is 11.4 Å². The second-order valence-electron chi connectivity index (χ2n) is 5.55. The summed E-state index contributed by atoms with van der Waals surface area (Å²) in [5.74, 6) is 5.69. The second-order valence-corrected chi connectivity index (χ2v) is 9.72. The van der Waals surface area contributed by atoms with E-state index in [9.17, 15) is 13.2 Å². The Kier molecular flexibility index (Phi) is 6.08. The van der Waals surface area contributed by atoms with Gasteiger partial charge in [-0.1, -0.05) is 30.0 Å². The number of nitrogens with one attached hydrogen (secondary N) is 1. The van der Waals surface area contributed by atoms with Crippen molar-refractivity contribution in [2.45, 2.75) is 4.21 Å². The van der Waals surface area contributed by atoms with Crippen LogP contribution in [0.1, 0.15) is 10.4 Å². The zero-order valence-corrected chi connectivity index (χ0v) is 16.8. The molecule has 0 radical (unpaired) electrons. The Balaban J connectivity index is 1.65. The van der Waals surface area contributed by atoms with Gasteiger partial charge in [-0.3, -0.25) is 4.79 Å². The molecule has 0 saturated heterocycles. The van der Waals surface area contributed by atoms with Crippen LogP contribution in [0.4, 0.5) is 5.69 Å². The summed E-state index contributed by atoms with van der Waals surface area (Å²) in [6, 6.07) is 14.2. The second kappa shape index (κ2) is 8.50. The number of likely N-dealkylation sites (N-methyl/N-ethyl adjacent to an activating group) is 1. The number of anilines is 1. The number of hydrogen-bond donors (Lipinski definition) is 1. The van der Waals surface area contributed by atoms with Crippen LogP contribution in [0, 0.1) is 11.8 Å². The smallest absolute Gasteiger partial charge is 0.252 e.